The van der Waals surface area contributed by atoms with Gasteiger partial charge in [0.05, 0.1) is 19.8 Å². The summed E-state index contributed by atoms with van der Waals surface area (Å²) in [5.74, 6) is -0.392. The van der Waals surface area contributed by atoms with Gasteiger partial charge in [0.2, 0.25) is 5.91 Å². The fourth-order valence-electron chi connectivity index (χ4n) is 2.15. The van der Waals surface area contributed by atoms with E-state index in [9.17, 15) is 9.18 Å². The molecule has 1 aromatic rings. The highest BCUT2D eigenvalue weighted by atomic mass is 35.5. The number of methoxy groups -OCH3 is 1. The van der Waals surface area contributed by atoms with Crippen molar-refractivity contribution in [3.8, 4) is 5.75 Å². The molecule has 0 aliphatic carbocycles. The molecule has 0 saturated carbocycles. The molecular weight excluding hydrogens is 299 g/mol. The van der Waals surface area contributed by atoms with Crippen molar-refractivity contribution in [3.05, 3.63) is 29.6 Å². The number of morpholine rings is 1. The number of rotatable bonds is 4. The number of carbonyl (C=O) groups excluding carboxylic acids is 1. The number of hydrogen-bond acceptors (Lipinski definition) is 4. The summed E-state index contributed by atoms with van der Waals surface area (Å²) < 4.78 is 23.8. The average Bonchev–Trinajstić information content (AvgIpc) is 2.45. The molecule has 21 heavy (non-hydrogen) atoms. The van der Waals surface area contributed by atoms with Crippen molar-refractivity contribution in [2.24, 2.45) is 0 Å². The molecule has 0 bridgehead atoms. The Morgan fingerprint density at radius 3 is 2.95 bits per heavy atom. The fourth-order valence-corrected chi connectivity index (χ4v) is 2.15. The van der Waals surface area contributed by atoms with Crippen LogP contribution in [0, 0.1) is 5.82 Å². The molecule has 2 rings (SSSR count). The standard InChI is InChI=1S/C14H19FN2O3.ClH/c1-9-13(16-5-6-20-9)14(18)17-8-10-3-4-12(19-2)11(15)7-10;/h3-4,7,9,13,16H,5-6,8H2,1-2H3,(H,17,18);1H/t9-,13+;/m1./s1. The number of amides is 1. The van der Waals surface area contributed by atoms with Crippen LogP contribution in [0.1, 0.15) is 12.5 Å². The van der Waals surface area contributed by atoms with Gasteiger partial charge < -0.3 is 20.1 Å². The molecule has 0 spiro atoms. The molecule has 1 heterocycles. The molecule has 1 aromatic carbocycles. The number of hydrogen-bond donors (Lipinski definition) is 2. The van der Waals surface area contributed by atoms with Crippen molar-refractivity contribution in [2.45, 2.75) is 25.6 Å². The van der Waals surface area contributed by atoms with Crippen molar-refractivity contribution >= 4 is 18.3 Å². The van der Waals surface area contributed by atoms with Crippen molar-refractivity contribution in [3.63, 3.8) is 0 Å². The van der Waals surface area contributed by atoms with E-state index < -0.39 is 5.82 Å². The number of benzene rings is 1. The maximum atomic E-state index is 13.5. The van der Waals surface area contributed by atoms with Gasteiger partial charge in [0.1, 0.15) is 6.04 Å². The van der Waals surface area contributed by atoms with E-state index in [0.29, 0.717) is 18.7 Å². The summed E-state index contributed by atoms with van der Waals surface area (Å²) in [6.07, 6.45) is -0.170. The monoisotopic (exact) mass is 318 g/mol. The Bertz CT molecular complexity index is 487. The molecule has 1 saturated heterocycles. The second-order valence-electron chi connectivity index (χ2n) is 4.69. The Labute approximate surface area is 129 Å². The van der Waals surface area contributed by atoms with E-state index in [1.807, 2.05) is 6.92 Å². The molecular formula is C14H20ClFN2O3. The molecule has 2 atom stereocenters. The van der Waals surface area contributed by atoms with E-state index in [1.54, 1.807) is 12.1 Å². The Morgan fingerprint density at radius 1 is 1.57 bits per heavy atom. The largest absolute Gasteiger partial charge is 0.494 e. The van der Waals surface area contributed by atoms with Crippen LogP contribution in [0.3, 0.4) is 0 Å². The predicted octanol–water partition coefficient (Wildman–Crippen LogP) is 1.25. The number of carbonyl (C=O) groups is 1. The maximum absolute atomic E-state index is 13.5. The van der Waals surface area contributed by atoms with Crippen LogP contribution < -0.4 is 15.4 Å². The van der Waals surface area contributed by atoms with E-state index in [4.69, 9.17) is 9.47 Å². The van der Waals surface area contributed by atoms with Gasteiger partial charge in [0.15, 0.2) is 11.6 Å². The molecule has 118 valence electrons. The van der Waals surface area contributed by atoms with E-state index in [1.165, 1.54) is 13.2 Å². The molecule has 1 aliphatic heterocycles. The number of ether oxygens (including phenoxy) is 2. The van der Waals surface area contributed by atoms with E-state index in [2.05, 4.69) is 10.6 Å². The first-order valence-corrected chi connectivity index (χ1v) is 6.57. The Morgan fingerprint density at radius 2 is 2.33 bits per heavy atom. The van der Waals surface area contributed by atoms with Gasteiger partial charge in [-0.05, 0) is 24.6 Å². The van der Waals surface area contributed by atoms with Crippen molar-refractivity contribution in [1.29, 1.82) is 0 Å². The molecule has 2 N–H and O–H groups in total. The lowest BCUT2D eigenvalue weighted by Gasteiger charge is -2.29. The molecule has 1 aliphatic rings. The van der Waals surface area contributed by atoms with Gasteiger partial charge in [-0.2, -0.15) is 0 Å². The third-order valence-corrected chi connectivity index (χ3v) is 3.28. The zero-order valence-corrected chi connectivity index (χ0v) is 12.8. The summed E-state index contributed by atoms with van der Waals surface area (Å²) >= 11 is 0. The maximum Gasteiger partial charge on any atom is 0.240 e. The third kappa shape index (κ3) is 4.56. The van der Waals surface area contributed by atoms with Gasteiger partial charge >= 0.3 is 0 Å². The summed E-state index contributed by atoms with van der Waals surface area (Å²) in [7, 11) is 1.41. The summed E-state index contributed by atoms with van der Waals surface area (Å²) in [6.45, 7) is 3.38. The lowest BCUT2D eigenvalue weighted by atomic mass is 10.1. The topological polar surface area (TPSA) is 59.6 Å². The predicted molar refractivity (Wildman–Crippen MR) is 79.3 cm³/mol. The van der Waals surface area contributed by atoms with E-state index in [-0.39, 0.29) is 42.8 Å². The molecule has 5 nitrogen and oxygen atoms in total. The molecule has 1 amide bonds. The smallest absolute Gasteiger partial charge is 0.240 e. The number of halogens is 2. The molecule has 7 heteroatoms. The molecule has 1 fully saturated rings. The van der Waals surface area contributed by atoms with E-state index >= 15 is 0 Å². The lowest BCUT2D eigenvalue weighted by Crippen LogP contribution is -2.55. The first-order chi connectivity index (χ1) is 9.61. The van der Waals surface area contributed by atoms with Gasteiger partial charge in [-0.15, -0.1) is 12.4 Å². The van der Waals surface area contributed by atoms with Crippen LogP contribution in [-0.4, -0.2) is 38.3 Å². The second kappa shape index (κ2) is 8.17. The van der Waals surface area contributed by atoms with Gasteiger partial charge in [0.25, 0.3) is 0 Å². The minimum atomic E-state index is -0.438. The Hall–Kier alpha value is -1.37. The van der Waals surface area contributed by atoms with Gasteiger partial charge in [-0.25, -0.2) is 4.39 Å². The van der Waals surface area contributed by atoms with Gasteiger partial charge in [0, 0.05) is 13.1 Å². The average molecular weight is 319 g/mol. The zero-order valence-electron chi connectivity index (χ0n) is 12.0. The molecule has 0 unspecified atom stereocenters. The molecule has 0 radical (unpaired) electrons. The Kier molecular flexibility index (Phi) is 6.87. The summed E-state index contributed by atoms with van der Waals surface area (Å²) in [6, 6.07) is 4.25. The summed E-state index contributed by atoms with van der Waals surface area (Å²) in [4.78, 5) is 12.0. The fraction of sp³-hybridized carbons (Fsp3) is 0.500. The van der Waals surface area contributed by atoms with E-state index in [0.717, 1.165) is 0 Å². The van der Waals surface area contributed by atoms with Gasteiger partial charge in [-0.1, -0.05) is 6.07 Å². The van der Waals surface area contributed by atoms with Crippen LogP contribution in [0.4, 0.5) is 4.39 Å². The first kappa shape index (κ1) is 17.7. The van der Waals surface area contributed by atoms with Crippen molar-refractivity contribution in [2.75, 3.05) is 20.3 Å². The summed E-state index contributed by atoms with van der Waals surface area (Å²) in [5, 5.41) is 5.88. The third-order valence-electron chi connectivity index (χ3n) is 3.28. The van der Waals surface area contributed by atoms with Crippen molar-refractivity contribution in [1.82, 2.24) is 10.6 Å². The minimum absolute atomic E-state index is 0. The van der Waals surface area contributed by atoms with Crippen LogP contribution >= 0.6 is 12.4 Å². The number of nitrogens with one attached hydrogen (secondary N) is 2. The SMILES string of the molecule is COc1ccc(CNC(=O)[C@H]2NCCO[C@@H]2C)cc1F.Cl. The highest BCUT2D eigenvalue weighted by Crippen LogP contribution is 2.17. The van der Waals surface area contributed by atoms with Crippen molar-refractivity contribution < 1.29 is 18.7 Å². The normalized spacial score (nSPS) is 21.3. The Balaban J connectivity index is 0.00000220. The van der Waals surface area contributed by atoms with Crippen LogP contribution in [0.25, 0.3) is 0 Å². The minimum Gasteiger partial charge on any atom is -0.494 e. The molecule has 0 aromatic heterocycles. The van der Waals surface area contributed by atoms with Crippen LogP contribution in [-0.2, 0) is 16.1 Å². The highest BCUT2D eigenvalue weighted by molar-refractivity contribution is 5.85. The quantitative estimate of drug-likeness (QED) is 0.877. The first-order valence-electron chi connectivity index (χ1n) is 6.57. The van der Waals surface area contributed by atoms with Gasteiger partial charge in [-0.3, -0.25) is 4.79 Å². The second-order valence-corrected chi connectivity index (χ2v) is 4.69. The van der Waals surface area contributed by atoms with Crippen LogP contribution in [0.2, 0.25) is 0 Å². The van der Waals surface area contributed by atoms with Crippen LogP contribution in [0.5, 0.6) is 5.75 Å². The zero-order chi connectivity index (χ0) is 14.5. The lowest BCUT2D eigenvalue weighted by molar-refractivity contribution is -0.129. The summed E-state index contributed by atoms with van der Waals surface area (Å²) in [5.41, 5.74) is 0.682. The highest BCUT2D eigenvalue weighted by Gasteiger charge is 2.27. The van der Waals surface area contributed by atoms with Crippen LogP contribution in [0.15, 0.2) is 18.2 Å².